The van der Waals surface area contributed by atoms with Crippen LogP contribution in [0.25, 0.3) is 0 Å². The molecule has 2 atom stereocenters. The topological polar surface area (TPSA) is 111 Å². The average molecular weight is 648 g/mol. The molecule has 0 aliphatic carbocycles. The Bertz CT molecular complexity index is 1580. The van der Waals surface area contributed by atoms with Crippen molar-refractivity contribution in [1.29, 1.82) is 0 Å². The second-order valence-corrected chi connectivity index (χ2v) is 12.2. The minimum Gasteiger partial charge on any atom is -0.493 e. The summed E-state index contributed by atoms with van der Waals surface area (Å²) in [5.41, 5.74) is 8.89. The van der Waals surface area contributed by atoms with Crippen molar-refractivity contribution in [2.45, 2.75) is 56.6 Å². The summed E-state index contributed by atoms with van der Waals surface area (Å²) in [6, 6.07) is 18.2. The molecule has 10 heteroatoms. The van der Waals surface area contributed by atoms with Crippen LogP contribution >= 0.6 is 23.4 Å². The monoisotopic (exact) mass is 647 g/mol. The molecule has 3 amide bonds. The summed E-state index contributed by atoms with van der Waals surface area (Å²) in [4.78, 5) is 40.5. The molecule has 236 valence electrons. The lowest BCUT2D eigenvalue weighted by molar-refractivity contribution is -0.124. The number of carbonyl (C=O) groups is 3. The van der Waals surface area contributed by atoms with Crippen LogP contribution in [0.4, 0.5) is 5.69 Å². The predicted molar refractivity (Wildman–Crippen MR) is 180 cm³/mol. The van der Waals surface area contributed by atoms with Crippen molar-refractivity contribution >= 4 is 46.8 Å². The number of carbonyl (C=O) groups excluding carboxylic acids is 3. The normalized spacial score (nSPS) is 15.7. The molecule has 4 rings (SSSR count). The first kappa shape index (κ1) is 33.8. The Morgan fingerprint density at radius 1 is 1.07 bits per heavy atom. The largest absolute Gasteiger partial charge is 0.493 e. The van der Waals surface area contributed by atoms with Crippen molar-refractivity contribution < 1.29 is 23.9 Å². The van der Waals surface area contributed by atoms with Crippen LogP contribution in [0.5, 0.6) is 11.5 Å². The third kappa shape index (κ3) is 8.74. The number of nitrogens with one attached hydrogen (secondary N) is 1. The zero-order valence-corrected chi connectivity index (χ0v) is 27.3. The Balaban J connectivity index is 1.49. The first-order chi connectivity index (χ1) is 21.7. The van der Waals surface area contributed by atoms with Gasteiger partial charge in [0.2, 0.25) is 17.7 Å². The first-order valence-corrected chi connectivity index (χ1v) is 16.3. The number of hydrogen-bond donors (Lipinski definition) is 2. The van der Waals surface area contributed by atoms with Crippen molar-refractivity contribution in [3.8, 4) is 23.3 Å². The maximum Gasteiger partial charge on any atom is 0.250 e. The lowest BCUT2D eigenvalue weighted by Gasteiger charge is -2.25. The summed E-state index contributed by atoms with van der Waals surface area (Å²) in [6.07, 6.45) is 3.58. The molecule has 45 heavy (non-hydrogen) atoms. The number of hydrogen-bond acceptors (Lipinski definition) is 6. The third-order valence-corrected chi connectivity index (χ3v) is 9.02. The number of benzene rings is 3. The van der Waals surface area contributed by atoms with Crippen molar-refractivity contribution in [1.82, 2.24) is 5.32 Å². The molecule has 8 nitrogen and oxygen atoms in total. The summed E-state index contributed by atoms with van der Waals surface area (Å²) < 4.78 is 11.0. The lowest BCUT2D eigenvalue weighted by atomic mass is 10.1. The standard InChI is InChI=1S/C35H38ClN3O5S/c1-4-6-7-8-9-23-10-13-25(14-11-23)35-39(26-15-16-28(36)27(21-26)33(37)41)34(42)31(45-35)22-32(40)38-19-18-24-12-17-29(43-3)30(20-24)44-5-2/h10-17,20-21,31,35H,4-7,18-19,22H2,1-3H3,(H2,37,41)(H,38,40). The van der Waals surface area contributed by atoms with Gasteiger partial charge in [0, 0.05) is 30.6 Å². The van der Waals surface area contributed by atoms with Crippen LogP contribution in [0.2, 0.25) is 5.02 Å². The van der Waals surface area contributed by atoms with Gasteiger partial charge in [-0.15, -0.1) is 11.8 Å². The highest BCUT2D eigenvalue weighted by Gasteiger charge is 2.43. The Hall–Kier alpha value is -4.13. The highest BCUT2D eigenvalue weighted by atomic mass is 35.5. The Kier molecular flexibility index (Phi) is 12.2. The molecule has 1 aliphatic heterocycles. The summed E-state index contributed by atoms with van der Waals surface area (Å²) in [7, 11) is 1.59. The number of nitrogens with two attached hydrogens (primary N) is 1. The predicted octanol–water partition coefficient (Wildman–Crippen LogP) is 6.28. The molecule has 0 bridgehead atoms. The van der Waals surface area contributed by atoms with E-state index in [1.165, 1.54) is 17.8 Å². The van der Waals surface area contributed by atoms with Crippen LogP contribution in [-0.4, -0.2) is 43.2 Å². The number of nitrogens with zero attached hydrogens (tertiary/aromatic N) is 1. The number of ether oxygens (including phenoxy) is 2. The van der Waals surface area contributed by atoms with E-state index < -0.39 is 16.5 Å². The van der Waals surface area contributed by atoms with Crippen molar-refractivity contribution in [2.75, 3.05) is 25.2 Å². The summed E-state index contributed by atoms with van der Waals surface area (Å²) in [6.45, 7) is 4.95. The average Bonchev–Trinajstić information content (AvgIpc) is 3.35. The summed E-state index contributed by atoms with van der Waals surface area (Å²) in [5.74, 6) is 6.53. The van der Waals surface area contributed by atoms with Gasteiger partial charge >= 0.3 is 0 Å². The fraction of sp³-hybridized carbons (Fsp3) is 0.343. The fourth-order valence-corrected chi connectivity index (χ4v) is 6.58. The number of unbranched alkanes of at least 4 members (excludes halogenated alkanes) is 2. The van der Waals surface area contributed by atoms with Gasteiger partial charge in [0.25, 0.3) is 0 Å². The van der Waals surface area contributed by atoms with Crippen LogP contribution in [0.3, 0.4) is 0 Å². The minimum atomic E-state index is -0.690. The minimum absolute atomic E-state index is 0.000558. The van der Waals surface area contributed by atoms with Gasteiger partial charge in [-0.3, -0.25) is 19.3 Å². The van der Waals surface area contributed by atoms with E-state index >= 15 is 0 Å². The Morgan fingerprint density at radius 3 is 2.53 bits per heavy atom. The van der Waals surface area contributed by atoms with Crippen molar-refractivity contribution in [3.63, 3.8) is 0 Å². The number of methoxy groups -OCH3 is 1. The van der Waals surface area contributed by atoms with E-state index in [1.54, 1.807) is 24.1 Å². The maximum absolute atomic E-state index is 13.8. The van der Waals surface area contributed by atoms with Gasteiger partial charge in [-0.1, -0.05) is 55.0 Å². The molecule has 3 aromatic rings. The SMILES string of the molecule is CCCCC#Cc1ccc(C2SC(CC(=O)NCCc3ccc(OC)c(OCC)c3)C(=O)N2c2ccc(Cl)c(C(N)=O)c2)cc1. The van der Waals surface area contributed by atoms with E-state index in [0.29, 0.717) is 36.8 Å². The number of rotatable bonds is 13. The van der Waals surface area contributed by atoms with Crippen molar-refractivity contribution in [3.05, 3.63) is 87.9 Å². The van der Waals surface area contributed by atoms with Gasteiger partial charge in [-0.2, -0.15) is 0 Å². The molecule has 3 aromatic carbocycles. The molecule has 1 saturated heterocycles. The highest BCUT2D eigenvalue weighted by Crippen LogP contribution is 2.47. The van der Waals surface area contributed by atoms with E-state index in [0.717, 1.165) is 36.0 Å². The van der Waals surface area contributed by atoms with Gasteiger partial charge in [0.05, 0.1) is 29.6 Å². The highest BCUT2D eigenvalue weighted by molar-refractivity contribution is 8.01. The Morgan fingerprint density at radius 2 is 1.84 bits per heavy atom. The zero-order chi connectivity index (χ0) is 32.3. The molecule has 0 spiro atoms. The first-order valence-electron chi connectivity index (χ1n) is 15.0. The van der Waals surface area contributed by atoms with Crippen LogP contribution in [0.1, 0.15) is 72.0 Å². The van der Waals surface area contributed by atoms with E-state index in [-0.39, 0.29) is 28.8 Å². The van der Waals surface area contributed by atoms with Crippen LogP contribution in [-0.2, 0) is 16.0 Å². The van der Waals surface area contributed by atoms with Gasteiger partial charge < -0.3 is 20.5 Å². The van der Waals surface area contributed by atoms with E-state index in [1.807, 2.05) is 49.4 Å². The molecule has 1 heterocycles. The van der Waals surface area contributed by atoms with E-state index in [9.17, 15) is 14.4 Å². The molecule has 3 N–H and O–H groups in total. The van der Waals surface area contributed by atoms with Gasteiger partial charge in [0.1, 0.15) is 5.37 Å². The maximum atomic E-state index is 13.8. The molecule has 0 radical (unpaired) electrons. The van der Waals surface area contributed by atoms with Crippen LogP contribution in [0.15, 0.2) is 60.7 Å². The second-order valence-electron chi connectivity index (χ2n) is 10.5. The molecular formula is C35H38ClN3O5S. The number of amides is 3. The van der Waals surface area contributed by atoms with Gasteiger partial charge in [-0.25, -0.2) is 0 Å². The molecule has 0 aromatic heterocycles. The van der Waals surface area contributed by atoms with E-state index in [4.69, 9.17) is 26.8 Å². The molecule has 0 saturated carbocycles. The quantitative estimate of drug-likeness (QED) is 0.167. The number of halogens is 1. The number of primary amides is 1. The smallest absolute Gasteiger partial charge is 0.250 e. The van der Waals surface area contributed by atoms with Crippen LogP contribution < -0.4 is 25.4 Å². The van der Waals surface area contributed by atoms with Crippen LogP contribution in [0, 0.1) is 11.8 Å². The summed E-state index contributed by atoms with van der Waals surface area (Å²) in [5, 5.41) is 2.08. The number of thioether (sulfide) groups is 1. The Labute approximate surface area is 274 Å². The lowest BCUT2D eigenvalue weighted by Crippen LogP contribution is -2.34. The third-order valence-electron chi connectivity index (χ3n) is 7.25. The molecular weight excluding hydrogens is 610 g/mol. The fourth-order valence-electron chi connectivity index (χ4n) is 4.92. The summed E-state index contributed by atoms with van der Waals surface area (Å²) >= 11 is 7.60. The van der Waals surface area contributed by atoms with Gasteiger partial charge in [0.15, 0.2) is 11.5 Å². The second kappa shape index (κ2) is 16.3. The van der Waals surface area contributed by atoms with Gasteiger partial charge in [-0.05, 0) is 73.4 Å². The zero-order valence-electron chi connectivity index (χ0n) is 25.7. The van der Waals surface area contributed by atoms with E-state index in [2.05, 4.69) is 24.1 Å². The number of anilines is 1. The molecule has 1 aliphatic rings. The van der Waals surface area contributed by atoms with Crippen molar-refractivity contribution in [2.24, 2.45) is 5.73 Å². The molecule has 1 fully saturated rings. The molecule has 2 unspecified atom stereocenters.